The Bertz CT molecular complexity index is 755. The number of hydrogen-bond acceptors (Lipinski definition) is 4. The van der Waals surface area contributed by atoms with Gasteiger partial charge < -0.3 is 14.8 Å². The van der Waals surface area contributed by atoms with Crippen LogP contribution in [0.25, 0.3) is 0 Å². The number of amides is 1. The summed E-state index contributed by atoms with van der Waals surface area (Å²) in [6, 6.07) is 12.5. The molecule has 1 atom stereocenters. The second kappa shape index (κ2) is 7.64. The van der Waals surface area contributed by atoms with Gasteiger partial charge in [-0.15, -0.1) is 0 Å². The molecule has 0 heterocycles. The number of carbonyl (C=O) groups is 2. The molecule has 5 heteroatoms. The topological polar surface area (TPSA) is 64.6 Å². The fraction of sp³-hybridized carbons (Fsp3) is 0.263. The van der Waals surface area contributed by atoms with Gasteiger partial charge in [0, 0.05) is 5.69 Å². The minimum Gasteiger partial charge on any atom is -0.496 e. The maximum absolute atomic E-state index is 12.3. The summed E-state index contributed by atoms with van der Waals surface area (Å²) in [5, 5.41) is 2.79. The molecule has 1 amide bonds. The van der Waals surface area contributed by atoms with Gasteiger partial charge in [-0.2, -0.15) is 0 Å². The molecular weight excluding hydrogens is 306 g/mol. The standard InChI is InChI=1S/C19H21NO4/c1-12-9-10-13(2)16(11-12)20-18(21)14(3)24-19(22)15-7-5-6-8-17(15)23-4/h5-11,14H,1-4H3,(H,20,21). The van der Waals surface area contributed by atoms with Crippen molar-refractivity contribution in [3.05, 3.63) is 59.2 Å². The summed E-state index contributed by atoms with van der Waals surface area (Å²) in [4.78, 5) is 24.5. The first-order valence-corrected chi connectivity index (χ1v) is 7.64. The zero-order valence-electron chi connectivity index (χ0n) is 14.3. The summed E-state index contributed by atoms with van der Waals surface area (Å²) in [5.74, 6) is -0.576. The van der Waals surface area contributed by atoms with Crippen molar-refractivity contribution in [2.24, 2.45) is 0 Å². The Hall–Kier alpha value is -2.82. The lowest BCUT2D eigenvalue weighted by atomic mass is 10.1. The van der Waals surface area contributed by atoms with Crippen LogP contribution in [0.3, 0.4) is 0 Å². The molecule has 2 rings (SSSR count). The summed E-state index contributed by atoms with van der Waals surface area (Å²) >= 11 is 0. The molecule has 0 radical (unpaired) electrons. The molecule has 0 bridgehead atoms. The fourth-order valence-electron chi connectivity index (χ4n) is 2.20. The number of methoxy groups -OCH3 is 1. The summed E-state index contributed by atoms with van der Waals surface area (Å²) in [6.07, 6.45) is -0.928. The highest BCUT2D eigenvalue weighted by Crippen LogP contribution is 2.20. The molecule has 0 saturated carbocycles. The Morgan fingerprint density at radius 1 is 1.08 bits per heavy atom. The van der Waals surface area contributed by atoms with Crippen LogP contribution >= 0.6 is 0 Å². The molecule has 0 spiro atoms. The van der Waals surface area contributed by atoms with Gasteiger partial charge in [-0.1, -0.05) is 24.3 Å². The van der Waals surface area contributed by atoms with Crippen LogP contribution in [0.15, 0.2) is 42.5 Å². The van der Waals surface area contributed by atoms with Crippen molar-refractivity contribution in [3.63, 3.8) is 0 Å². The van der Waals surface area contributed by atoms with Gasteiger partial charge in [0.1, 0.15) is 11.3 Å². The smallest absolute Gasteiger partial charge is 0.342 e. The van der Waals surface area contributed by atoms with Crippen molar-refractivity contribution in [2.45, 2.75) is 26.9 Å². The van der Waals surface area contributed by atoms with Gasteiger partial charge >= 0.3 is 5.97 Å². The van der Waals surface area contributed by atoms with Crippen LogP contribution in [0.4, 0.5) is 5.69 Å². The van der Waals surface area contributed by atoms with E-state index < -0.39 is 12.1 Å². The fourth-order valence-corrected chi connectivity index (χ4v) is 2.20. The monoisotopic (exact) mass is 327 g/mol. The Morgan fingerprint density at radius 2 is 1.79 bits per heavy atom. The van der Waals surface area contributed by atoms with E-state index in [2.05, 4.69) is 5.32 Å². The number of benzene rings is 2. The molecule has 24 heavy (non-hydrogen) atoms. The van der Waals surface area contributed by atoms with Gasteiger partial charge in [0.25, 0.3) is 5.91 Å². The highest BCUT2D eigenvalue weighted by atomic mass is 16.5. The Labute approximate surface area is 141 Å². The molecule has 2 aromatic carbocycles. The second-order valence-electron chi connectivity index (χ2n) is 5.56. The van der Waals surface area contributed by atoms with Crippen LogP contribution in [0.2, 0.25) is 0 Å². The van der Waals surface area contributed by atoms with Crippen LogP contribution in [0.1, 0.15) is 28.4 Å². The average Bonchev–Trinajstić information content (AvgIpc) is 2.57. The van der Waals surface area contributed by atoms with Crippen LogP contribution in [-0.4, -0.2) is 25.1 Å². The molecule has 5 nitrogen and oxygen atoms in total. The Balaban J connectivity index is 2.06. The van der Waals surface area contributed by atoms with Gasteiger partial charge in [-0.3, -0.25) is 4.79 Å². The van der Waals surface area contributed by atoms with Gasteiger partial charge in [0.15, 0.2) is 6.10 Å². The van der Waals surface area contributed by atoms with Crippen molar-refractivity contribution in [1.29, 1.82) is 0 Å². The van der Waals surface area contributed by atoms with Crippen molar-refractivity contribution < 1.29 is 19.1 Å². The van der Waals surface area contributed by atoms with Gasteiger partial charge in [0.05, 0.1) is 7.11 Å². The zero-order valence-corrected chi connectivity index (χ0v) is 14.3. The summed E-state index contributed by atoms with van der Waals surface area (Å²) in [5.41, 5.74) is 2.97. The molecular formula is C19H21NO4. The van der Waals surface area contributed by atoms with E-state index in [1.54, 1.807) is 24.3 Å². The number of nitrogens with one attached hydrogen (secondary N) is 1. The molecule has 0 aliphatic carbocycles. The predicted octanol–water partition coefficient (Wildman–Crippen LogP) is 3.50. The minimum absolute atomic E-state index is 0.284. The Kier molecular flexibility index (Phi) is 5.58. The van der Waals surface area contributed by atoms with Crippen molar-refractivity contribution in [3.8, 4) is 5.75 Å². The normalized spacial score (nSPS) is 11.5. The third-order valence-corrected chi connectivity index (χ3v) is 3.63. The molecule has 126 valence electrons. The number of hydrogen-bond donors (Lipinski definition) is 1. The van der Waals surface area contributed by atoms with E-state index in [-0.39, 0.29) is 11.5 Å². The number of carbonyl (C=O) groups excluding carboxylic acids is 2. The van der Waals surface area contributed by atoms with Crippen LogP contribution in [0, 0.1) is 13.8 Å². The van der Waals surface area contributed by atoms with Crippen LogP contribution < -0.4 is 10.1 Å². The lowest BCUT2D eigenvalue weighted by Crippen LogP contribution is -2.30. The lowest BCUT2D eigenvalue weighted by molar-refractivity contribution is -0.123. The summed E-state index contributed by atoms with van der Waals surface area (Å²) in [7, 11) is 1.47. The molecule has 1 unspecified atom stereocenters. The third-order valence-electron chi connectivity index (χ3n) is 3.63. The molecule has 0 aromatic heterocycles. The minimum atomic E-state index is -0.928. The van der Waals surface area contributed by atoms with E-state index in [4.69, 9.17) is 9.47 Å². The van der Waals surface area contributed by atoms with E-state index in [0.717, 1.165) is 11.1 Å². The first-order chi connectivity index (χ1) is 11.4. The first kappa shape index (κ1) is 17.5. The molecule has 0 fully saturated rings. The largest absolute Gasteiger partial charge is 0.496 e. The quantitative estimate of drug-likeness (QED) is 0.854. The zero-order chi connectivity index (χ0) is 17.7. The van der Waals surface area contributed by atoms with Gasteiger partial charge in [0.2, 0.25) is 0 Å². The number of esters is 1. The van der Waals surface area contributed by atoms with E-state index in [0.29, 0.717) is 11.4 Å². The number of para-hydroxylation sites is 1. The maximum Gasteiger partial charge on any atom is 0.342 e. The highest BCUT2D eigenvalue weighted by Gasteiger charge is 2.21. The number of aryl methyl sites for hydroxylation is 2. The average molecular weight is 327 g/mol. The SMILES string of the molecule is COc1ccccc1C(=O)OC(C)C(=O)Nc1cc(C)ccc1C. The van der Waals surface area contributed by atoms with E-state index in [1.807, 2.05) is 32.0 Å². The van der Waals surface area contributed by atoms with Crippen LogP contribution in [-0.2, 0) is 9.53 Å². The summed E-state index contributed by atoms with van der Waals surface area (Å²) < 4.78 is 10.4. The van der Waals surface area contributed by atoms with E-state index >= 15 is 0 Å². The maximum atomic E-state index is 12.3. The number of ether oxygens (including phenoxy) is 2. The number of anilines is 1. The second-order valence-corrected chi connectivity index (χ2v) is 5.56. The van der Waals surface area contributed by atoms with Crippen molar-refractivity contribution in [2.75, 3.05) is 12.4 Å². The third kappa shape index (κ3) is 4.13. The van der Waals surface area contributed by atoms with Crippen molar-refractivity contribution >= 4 is 17.6 Å². The van der Waals surface area contributed by atoms with E-state index in [1.165, 1.54) is 14.0 Å². The van der Waals surface area contributed by atoms with Gasteiger partial charge in [-0.25, -0.2) is 4.79 Å². The molecule has 1 N–H and O–H groups in total. The predicted molar refractivity (Wildman–Crippen MR) is 92.4 cm³/mol. The Morgan fingerprint density at radius 3 is 2.50 bits per heavy atom. The number of rotatable bonds is 5. The molecule has 0 aliphatic rings. The lowest BCUT2D eigenvalue weighted by Gasteiger charge is -2.16. The summed E-state index contributed by atoms with van der Waals surface area (Å²) in [6.45, 7) is 5.38. The van der Waals surface area contributed by atoms with E-state index in [9.17, 15) is 9.59 Å². The molecule has 2 aromatic rings. The molecule has 0 aliphatic heterocycles. The first-order valence-electron chi connectivity index (χ1n) is 7.64. The van der Waals surface area contributed by atoms with Crippen molar-refractivity contribution in [1.82, 2.24) is 0 Å². The molecule has 0 saturated heterocycles. The van der Waals surface area contributed by atoms with Gasteiger partial charge in [-0.05, 0) is 50.1 Å². The van der Waals surface area contributed by atoms with Crippen LogP contribution in [0.5, 0.6) is 5.75 Å². The highest BCUT2D eigenvalue weighted by molar-refractivity contribution is 5.98.